The molecule has 0 atom stereocenters. The fraction of sp³-hybridized carbons (Fsp3) is 0.188. The monoisotopic (exact) mass is 352 g/mol. The number of rotatable bonds is 5. The van der Waals surface area contributed by atoms with Crippen LogP contribution in [0.3, 0.4) is 0 Å². The van der Waals surface area contributed by atoms with Gasteiger partial charge in [0.15, 0.2) is 27.1 Å². The van der Waals surface area contributed by atoms with Gasteiger partial charge in [0.2, 0.25) is 6.79 Å². The van der Waals surface area contributed by atoms with E-state index >= 15 is 0 Å². The molecule has 0 aliphatic carbocycles. The van der Waals surface area contributed by atoms with Gasteiger partial charge in [0.1, 0.15) is 0 Å². The summed E-state index contributed by atoms with van der Waals surface area (Å²) in [6, 6.07) is 10.7. The lowest BCUT2D eigenvalue weighted by Crippen LogP contribution is -2.11. The Kier molecular flexibility index (Phi) is 4.28. The molecule has 1 aliphatic rings. The van der Waals surface area contributed by atoms with E-state index in [1.165, 1.54) is 24.3 Å². The van der Waals surface area contributed by atoms with Gasteiger partial charge in [-0.1, -0.05) is 11.6 Å². The standard InChI is InChI=1S/C16H13ClO5S/c17-12-2-4-13(5-3-12)23(19,20)8-7-14(18)11-1-6-15-16(9-11)22-10-21-15/h1-6,9H,7-8,10H2. The Morgan fingerprint density at radius 1 is 1.04 bits per heavy atom. The highest BCUT2D eigenvalue weighted by atomic mass is 35.5. The number of hydrogen-bond acceptors (Lipinski definition) is 5. The first-order valence-electron chi connectivity index (χ1n) is 6.87. The summed E-state index contributed by atoms with van der Waals surface area (Å²) in [5, 5.41) is 0.459. The van der Waals surface area contributed by atoms with Crippen LogP contribution in [0.15, 0.2) is 47.4 Å². The van der Waals surface area contributed by atoms with Crippen LogP contribution in [0.1, 0.15) is 16.8 Å². The number of benzene rings is 2. The normalized spacial score (nSPS) is 13.1. The predicted octanol–water partition coefficient (Wildman–Crippen LogP) is 3.12. The van der Waals surface area contributed by atoms with Crippen LogP contribution in [-0.4, -0.2) is 26.7 Å². The molecule has 1 aliphatic heterocycles. The highest BCUT2D eigenvalue weighted by Gasteiger charge is 2.19. The Bertz CT molecular complexity index is 843. The van der Waals surface area contributed by atoms with Crippen LogP contribution in [-0.2, 0) is 9.84 Å². The first-order valence-corrected chi connectivity index (χ1v) is 8.90. The van der Waals surface area contributed by atoms with Crippen molar-refractivity contribution in [1.82, 2.24) is 0 Å². The second kappa shape index (κ2) is 6.22. The van der Waals surface area contributed by atoms with Crippen LogP contribution < -0.4 is 9.47 Å². The van der Waals surface area contributed by atoms with E-state index in [0.29, 0.717) is 22.1 Å². The van der Waals surface area contributed by atoms with Gasteiger partial charge in [-0.2, -0.15) is 0 Å². The molecule has 0 unspecified atom stereocenters. The summed E-state index contributed by atoms with van der Waals surface area (Å²) in [7, 11) is -3.53. The zero-order valence-corrected chi connectivity index (χ0v) is 13.6. The summed E-state index contributed by atoms with van der Waals surface area (Å²) in [6.45, 7) is 0.123. The molecule has 5 nitrogen and oxygen atoms in total. The molecule has 7 heteroatoms. The molecule has 23 heavy (non-hydrogen) atoms. The molecule has 2 aromatic carbocycles. The van der Waals surface area contributed by atoms with Crippen molar-refractivity contribution < 1.29 is 22.7 Å². The number of ether oxygens (including phenoxy) is 2. The van der Waals surface area contributed by atoms with Crippen molar-refractivity contribution in [3.8, 4) is 11.5 Å². The first kappa shape index (κ1) is 15.8. The second-order valence-electron chi connectivity index (χ2n) is 5.01. The SMILES string of the molecule is O=C(CCS(=O)(=O)c1ccc(Cl)cc1)c1ccc2c(c1)OCO2. The quantitative estimate of drug-likeness (QED) is 0.773. The minimum atomic E-state index is -3.53. The van der Waals surface area contributed by atoms with Gasteiger partial charge >= 0.3 is 0 Å². The maximum atomic E-state index is 12.2. The third kappa shape index (κ3) is 3.48. The van der Waals surface area contributed by atoms with Crippen LogP contribution in [0.5, 0.6) is 11.5 Å². The molecule has 0 spiro atoms. The first-order chi connectivity index (χ1) is 11.0. The molecule has 0 saturated heterocycles. The number of hydrogen-bond donors (Lipinski definition) is 0. The lowest BCUT2D eigenvalue weighted by Gasteiger charge is -2.05. The summed E-state index contributed by atoms with van der Waals surface area (Å²) >= 11 is 5.74. The Balaban J connectivity index is 1.70. The van der Waals surface area contributed by atoms with E-state index in [9.17, 15) is 13.2 Å². The molecule has 0 amide bonds. The van der Waals surface area contributed by atoms with Crippen molar-refractivity contribution in [2.45, 2.75) is 11.3 Å². The zero-order chi connectivity index (χ0) is 16.4. The molecule has 0 radical (unpaired) electrons. The van der Waals surface area contributed by atoms with Gasteiger partial charge in [0, 0.05) is 17.0 Å². The van der Waals surface area contributed by atoms with Crippen LogP contribution in [0.2, 0.25) is 5.02 Å². The number of ketones is 1. The van der Waals surface area contributed by atoms with Crippen LogP contribution in [0.4, 0.5) is 0 Å². The Hall–Kier alpha value is -2.05. The molecular weight excluding hydrogens is 340 g/mol. The Labute approximate surface area is 138 Å². The van der Waals surface area contributed by atoms with Gasteiger partial charge in [-0.05, 0) is 42.5 Å². The van der Waals surface area contributed by atoms with Crippen molar-refractivity contribution >= 4 is 27.2 Å². The Morgan fingerprint density at radius 2 is 1.74 bits per heavy atom. The molecule has 0 saturated carbocycles. The summed E-state index contributed by atoms with van der Waals surface area (Å²) in [5.41, 5.74) is 0.403. The van der Waals surface area contributed by atoms with Crippen molar-refractivity contribution in [3.05, 3.63) is 53.1 Å². The molecule has 0 N–H and O–H groups in total. The molecule has 1 heterocycles. The minimum Gasteiger partial charge on any atom is -0.454 e. The van der Waals surface area contributed by atoms with Crippen LogP contribution in [0, 0.1) is 0 Å². The minimum absolute atomic E-state index is 0.107. The average Bonchev–Trinajstić information content (AvgIpc) is 3.00. The number of carbonyl (C=O) groups excluding carboxylic acids is 1. The summed E-state index contributed by atoms with van der Waals surface area (Å²) in [4.78, 5) is 12.3. The number of halogens is 1. The van der Waals surface area contributed by atoms with Crippen molar-refractivity contribution in [3.63, 3.8) is 0 Å². The van der Waals surface area contributed by atoms with E-state index in [1.807, 2.05) is 0 Å². The van der Waals surface area contributed by atoms with Crippen molar-refractivity contribution in [2.75, 3.05) is 12.5 Å². The smallest absolute Gasteiger partial charge is 0.231 e. The van der Waals surface area contributed by atoms with E-state index in [2.05, 4.69) is 0 Å². The van der Waals surface area contributed by atoms with Gasteiger partial charge in [-0.15, -0.1) is 0 Å². The molecule has 0 bridgehead atoms. The van der Waals surface area contributed by atoms with Crippen molar-refractivity contribution in [2.24, 2.45) is 0 Å². The van der Waals surface area contributed by atoms with Crippen LogP contribution >= 0.6 is 11.6 Å². The zero-order valence-electron chi connectivity index (χ0n) is 12.0. The van der Waals surface area contributed by atoms with Crippen LogP contribution in [0.25, 0.3) is 0 Å². The molecule has 120 valence electrons. The van der Waals surface area contributed by atoms with E-state index < -0.39 is 9.84 Å². The topological polar surface area (TPSA) is 69.7 Å². The fourth-order valence-electron chi connectivity index (χ4n) is 2.20. The second-order valence-corrected chi connectivity index (χ2v) is 7.56. The van der Waals surface area contributed by atoms with E-state index in [1.54, 1.807) is 18.2 Å². The predicted molar refractivity (Wildman–Crippen MR) is 85.0 cm³/mol. The third-order valence-corrected chi connectivity index (χ3v) is 5.45. The maximum absolute atomic E-state index is 12.2. The summed E-state index contributed by atoms with van der Waals surface area (Å²) in [5.74, 6) is 0.551. The third-order valence-electron chi connectivity index (χ3n) is 3.47. The number of carbonyl (C=O) groups is 1. The fourth-order valence-corrected chi connectivity index (χ4v) is 3.57. The highest BCUT2D eigenvalue weighted by Crippen LogP contribution is 2.32. The van der Waals surface area contributed by atoms with Gasteiger partial charge in [0.05, 0.1) is 10.6 Å². The van der Waals surface area contributed by atoms with E-state index in [0.717, 1.165) is 0 Å². The molecule has 0 aromatic heterocycles. The highest BCUT2D eigenvalue weighted by molar-refractivity contribution is 7.91. The lowest BCUT2D eigenvalue weighted by atomic mass is 10.1. The van der Waals surface area contributed by atoms with Gasteiger partial charge in [-0.25, -0.2) is 8.42 Å². The number of Topliss-reactive ketones (excluding diaryl/α,β-unsaturated/α-hetero) is 1. The summed E-state index contributed by atoms with van der Waals surface area (Å²) < 4.78 is 34.8. The molecule has 0 fully saturated rings. The largest absolute Gasteiger partial charge is 0.454 e. The van der Waals surface area contributed by atoms with Gasteiger partial charge in [0.25, 0.3) is 0 Å². The molecular formula is C16H13ClO5S. The molecule has 2 aromatic rings. The maximum Gasteiger partial charge on any atom is 0.231 e. The number of fused-ring (bicyclic) bond motifs is 1. The summed E-state index contributed by atoms with van der Waals surface area (Å²) in [6.07, 6.45) is -0.107. The van der Waals surface area contributed by atoms with Gasteiger partial charge < -0.3 is 9.47 Å². The van der Waals surface area contributed by atoms with Crippen molar-refractivity contribution in [1.29, 1.82) is 0 Å². The lowest BCUT2D eigenvalue weighted by molar-refractivity contribution is 0.0988. The van der Waals surface area contributed by atoms with E-state index in [-0.39, 0.29) is 29.6 Å². The van der Waals surface area contributed by atoms with Gasteiger partial charge in [-0.3, -0.25) is 4.79 Å². The number of sulfone groups is 1. The molecule has 3 rings (SSSR count). The Morgan fingerprint density at radius 3 is 2.48 bits per heavy atom. The average molecular weight is 353 g/mol. The van der Waals surface area contributed by atoms with E-state index in [4.69, 9.17) is 21.1 Å².